The van der Waals surface area contributed by atoms with Crippen LogP contribution in [-0.4, -0.2) is 11.7 Å². The van der Waals surface area contributed by atoms with Gasteiger partial charge in [0.25, 0.3) is 0 Å². The summed E-state index contributed by atoms with van der Waals surface area (Å²) in [6.07, 6.45) is -0.340. The second-order valence-electron chi connectivity index (χ2n) is 8.67. The van der Waals surface area contributed by atoms with E-state index in [4.69, 9.17) is 14.4 Å². The van der Waals surface area contributed by atoms with Gasteiger partial charge >= 0.3 is 0 Å². The summed E-state index contributed by atoms with van der Waals surface area (Å²) in [5.41, 5.74) is 4.81. The van der Waals surface area contributed by atoms with Crippen molar-refractivity contribution in [3.63, 3.8) is 0 Å². The van der Waals surface area contributed by atoms with Gasteiger partial charge in [0.1, 0.15) is 22.8 Å². The van der Waals surface area contributed by atoms with Crippen LogP contribution in [0.1, 0.15) is 22.9 Å². The number of fused-ring (bicyclic) bond motifs is 5. The van der Waals surface area contributed by atoms with Crippen LogP contribution in [0.5, 0.6) is 0 Å². The van der Waals surface area contributed by atoms with Gasteiger partial charge < -0.3 is 9.73 Å². The fourth-order valence-corrected chi connectivity index (χ4v) is 4.89. The van der Waals surface area contributed by atoms with Crippen LogP contribution in [0.4, 0.5) is 0 Å². The van der Waals surface area contributed by atoms with Gasteiger partial charge in [0.15, 0.2) is 6.17 Å². The molecule has 35 heavy (non-hydrogen) atoms. The third-order valence-corrected chi connectivity index (χ3v) is 6.52. The molecule has 0 saturated heterocycles. The van der Waals surface area contributed by atoms with Crippen molar-refractivity contribution in [2.24, 2.45) is 9.98 Å². The van der Waals surface area contributed by atoms with E-state index in [1.807, 2.05) is 48.5 Å². The number of hydrogen-bond acceptors (Lipinski definition) is 4. The van der Waals surface area contributed by atoms with Crippen molar-refractivity contribution in [2.75, 3.05) is 0 Å². The van der Waals surface area contributed by atoms with Crippen LogP contribution in [-0.2, 0) is 0 Å². The summed E-state index contributed by atoms with van der Waals surface area (Å²) in [6, 6.07) is 39.2. The summed E-state index contributed by atoms with van der Waals surface area (Å²) in [6.45, 7) is 0. The van der Waals surface area contributed by atoms with Crippen molar-refractivity contribution in [3.8, 4) is 0 Å². The first-order chi connectivity index (χ1) is 17.3. The van der Waals surface area contributed by atoms with Gasteiger partial charge in [0.2, 0.25) is 0 Å². The smallest absolute Gasteiger partial charge is 0.169 e. The monoisotopic (exact) mass is 451 g/mol. The van der Waals surface area contributed by atoms with Crippen molar-refractivity contribution in [1.82, 2.24) is 5.32 Å². The number of hydrogen-bond donors (Lipinski definition) is 1. The molecule has 2 heterocycles. The Labute approximate surface area is 202 Å². The van der Waals surface area contributed by atoms with E-state index < -0.39 is 0 Å². The maximum absolute atomic E-state index is 6.30. The van der Waals surface area contributed by atoms with Crippen LogP contribution in [0.25, 0.3) is 32.7 Å². The Morgan fingerprint density at radius 2 is 1.20 bits per heavy atom. The van der Waals surface area contributed by atoms with Crippen LogP contribution < -0.4 is 5.32 Å². The van der Waals surface area contributed by atoms with Gasteiger partial charge in [-0.15, -0.1) is 0 Å². The lowest BCUT2D eigenvalue weighted by atomic mass is 9.98. The maximum Gasteiger partial charge on any atom is 0.169 e. The Balaban J connectivity index is 1.47. The highest BCUT2D eigenvalue weighted by molar-refractivity contribution is 6.26. The molecule has 0 saturated carbocycles. The Morgan fingerprint density at radius 3 is 2.00 bits per heavy atom. The molecular weight excluding hydrogens is 430 g/mol. The molecule has 7 rings (SSSR count). The molecule has 0 fully saturated rings. The number of amidine groups is 2. The van der Waals surface area contributed by atoms with Gasteiger partial charge in [0, 0.05) is 21.9 Å². The molecule has 1 N–H and O–H groups in total. The number of rotatable bonds is 3. The second kappa shape index (κ2) is 7.96. The van der Waals surface area contributed by atoms with E-state index in [-0.39, 0.29) is 6.17 Å². The fraction of sp³-hybridized carbons (Fsp3) is 0.0323. The van der Waals surface area contributed by atoms with E-state index in [1.165, 1.54) is 0 Å². The topological polar surface area (TPSA) is 49.9 Å². The van der Waals surface area contributed by atoms with Crippen LogP contribution in [0, 0.1) is 0 Å². The third-order valence-electron chi connectivity index (χ3n) is 6.52. The molecule has 0 bridgehead atoms. The zero-order valence-corrected chi connectivity index (χ0v) is 18.8. The lowest BCUT2D eigenvalue weighted by molar-refractivity contribution is 0.669. The van der Waals surface area contributed by atoms with Gasteiger partial charge in [-0.05, 0) is 28.5 Å². The molecule has 1 aliphatic heterocycles. The van der Waals surface area contributed by atoms with Crippen molar-refractivity contribution < 1.29 is 4.42 Å². The Morgan fingerprint density at radius 1 is 0.571 bits per heavy atom. The van der Waals surface area contributed by atoms with Crippen LogP contribution in [0.15, 0.2) is 130 Å². The molecule has 1 aliphatic rings. The molecule has 1 aromatic heterocycles. The number of nitrogens with zero attached hydrogens (tertiary/aromatic N) is 2. The minimum absolute atomic E-state index is 0.340. The first-order valence-corrected chi connectivity index (χ1v) is 11.7. The largest absolute Gasteiger partial charge is 0.456 e. The summed E-state index contributed by atoms with van der Waals surface area (Å²) >= 11 is 0. The highest BCUT2D eigenvalue weighted by Crippen LogP contribution is 2.37. The molecule has 1 atom stereocenters. The number of furan rings is 1. The summed E-state index contributed by atoms with van der Waals surface area (Å²) in [5, 5.41) is 8.06. The summed E-state index contributed by atoms with van der Waals surface area (Å²) in [4.78, 5) is 10.1. The van der Waals surface area contributed by atoms with Crippen molar-refractivity contribution >= 4 is 44.4 Å². The van der Waals surface area contributed by atoms with Crippen molar-refractivity contribution in [3.05, 3.63) is 132 Å². The fourth-order valence-electron chi connectivity index (χ4n) is 4.89. The molecular formula is C31H21N3O. The predicted octanol–water partition coefficient (Wildman–Crippen LogP) is 7.23. The first-order valence-electron chi connectivity index (χ1n) is 11.7. The number of aliphatic imine (C=N–C) groups is 2. The lowest BCUT2D eigenvalue weighted by Gasteiger charge is -2.23. The van der Waals surface area contributed by atoms with E-state index in [1.54, 1.807) is 0 Å². The quantitative estimate of drug-likeness (QED) is 0.308. The Kier molecular flexibility index (Phi) is 4.49. The molecule has 0 aliphatic carbocycles. The molecule has 4 heteroatoms. The molecule has 4 nitrogen and oxygen atoms in total. The molecule has 1 unspecified atom stereocenters. The van der Waals surface area contributed by atoms with E-state index in [9.17, 15) is 0 Å². The first kappa shape index (κ1) is 19.7. The number of nitrogens with one attached hydrogen (secondary N) is 1. The Bertz CT molecular complexity index is 1770. The summed E-state index contributed by atoms with van der Waals surface area (Å²) in [5.74, 6) is 1.59. The van der Waals surface area contributed by atoms with Gasteiger partial charge in [-0.1, -0.05) is 103 Å². The average molecular weight is 452 g/mol. The van der Waals surface area contributed by atoms with Crippen LogP contribution in [0.2, 0.25) is 0 Å². The third kappa shape index (κ3) is 3.30. The maximum atomic E-state index is 6.30. The zero-order chi connectivity index (χ0) is 23.2. The van der Waals surface area contributed by atoms with Crippen LogP contribution >= 0.6 is 0 Å². The summed E-state index contributed by atoms with van der Waals surface area (Å²) < 4.78 is 6.30. The highest BCUT2D eigenvalue weighted by atomic mass is 16.3. The minimum atomic E-state index is -0.340. The van der Waals surface area contributed by atoms with Gasteiger partial charge in [-0.3, -0.25) is 0 Å². The molecule has 166 valence electrons. The molecule has 0 spiro atoms. The minimum Gasteiger partial charge on any atom is -0.456 e. The van der Waals surface area contributed by atoms with Crippen molar-refractivity contribution in [2.45, 2.75) is 6.17 Å². The Hall–Kier alpha value is -4.70. The van der Waals surface area contributed by atoms with E-state index in [0.29, 0.717) is 0 Å². The predicted molar refractivity (Wildman–Crippen MR) is 143 cm³/mol. The molecule has 5 aromatic carbocycles. The van der Waals surface area contributed by atoms with Gasteiger partial charge in [0.05, 0.1) is 0 Å². The average Bonchev–Trinajstić information content (AvgIpc) is 3.32. The van der Waals surface area contributed by atoms with Gasteiger partial charge in [-0.25, -0.2) is 9.98 Å². The standard InChI is InChI=1S/C31H21N3O/c1-3-11-20(12-4-1)29-32-30(21-13-5-2-6-14-21)34-31(33-29)25-19-27-28(23-16-8-7-15-22(23)25)24-17-9-10-18-26(24)35-27/h1-19,29H,(H,32,33,34). The van der Waals surface area contributed by atoms with E-state index in [2.05, 4.69) is 72.0 Å². The second-order valence-corrected chi connectivity index (χ2v) is 8.67. The zero-order valence-electron chi connectivity index (χ0n) is 18.8. The van der Waals surface area contributed by atoms with Crippen molar-refractivity contribution in [1.29, 1.82) is 0 Å². The number of benzene rings is 5. The SMILES string of the molecule is c1ccc(C2=NC(c3ccccc3)N=C(c3cc4oc5ccccc5c4c4ccccc34)N2)cc1. The summed E-state index contributed by atoms with van der Waals surface area (Å²) in [7, 11) is 0. The van der Waals surface area contributed by atoms with E-state index >= 15 is 0 Å². The lowest BCUT2D eigenvalue weighted by Crippen LogP contribution is -2.36. The molecule has 0 amide bonds. The number of para-hydroxylation sites is 1. The van der Waals surface area contributed by atoms with Gasteiger partial charge in [-0.2, -0.15) is 0 Å². The van der Waals surface area contributed by atoms with E-state index in [0.717, 1.165) is 61.1 Å². The molecule has 6 aromatic rings. The van der Waals surface area contributed by atoms with Crippen LogP contribution in [0.3, 0.4) is 0 Å². The highest BCUT2D eigenvalue weighted by Gasteiger charge is 2.23. The normalized spacial score (nSPS) is 15.7. The molecule has 0 radical (unpaired) electrons.